The van der Waals surface area contributed by atoms with Crippen LogP contribution in [0.2, 0.25) is 0 Å². The summed E-state index contributed by atoms with van der Waals surface area (Å²) in [5.41, 5.74) is 0.950. The minimum absolute atomic E-state index is 0.610. The number of ether oxygens (including phenoxy) is 1. The fourth-order valence-electron chi connectivity index (χ4n) is 1.96. The standard InChI is InChI=1S/C16H21N3OS/c1-5-10-19-15(13-8-6-7-9-14(13)20-4)17-18-16(19)21-11-12(2)3/h5-9,12H,1,10-11H2,2-4H3. The summed E-state index contributed by atoms with van der Waals surface area (Å²) in [5.74, 6) is 3.24. The Morgan fingerprint density at radius 3 is 2.76 bits per heavy atom. The maximum atomic E-state index is 5.43. The fraction of sp³-hybridized carbons (Fsp3) is 0.375. The number of methoxy groups -OCH3 is 1. The molecule has 0 saturated carbocycles. The van der Waals surface area contributed by atoms with Gasteiger partial charge in [-0.25, -0.2) is 0 Å². The number of benzene rings is 1. The normalized spacial score (nSPS) is 10.9. The smallest absolute Gasteiger partial charge is 0.191 e. The lowest BCUT2D eigenvalue weighted by Gasteiger charge is -2.11. The van der Waals surface area contributed by atoms with Gasteiger partial charge in [-0.05, 0) is 18.1 Å². The molecule has 0 amide bonds. The Labute approximate surface area is 130 Å². The van der Waals surface area contributed by atoms with E-state index in [0.29, 0.717) is 12.5 Å². The molecule has 21 heavy (non-hydrogen) atoms. The van der Waals surface area contributed by atoms with Crippen LogP contribution in [0.5, 0.6) is 5.75 Å². The van der Waals surface area contributed by atoms with Crippen LogP contribution in [0.1, 0.15) is 13.8 Å². The van der Waals surface area contributed by atoms with Crippen LogP contribution in [0.4, 0.5) is 0 Å². The van der Waals surface area contributed by atoms with Crippen LogP contribution in [0.15, 0.2) is 42.1 Å². The monoisotopic (exact) mass is 303 g/mol. The molecule has 0 aliphatic heterocycles. The lowest BCUT2D eigenvalue weighted by molar-refractivity contribution is 0.416. The molecule has 0 fully saturated rings. The summed E-state index contributed by atoms with van der Waals surface area (Å²) in [5, 5.41) is 9.61. The topological polar surface area (TPSA) is 39.9 Å². The number of allylic oxidation sites excluding steroid dienone is 1. The molecule has 0 atom stereocenters. The van der Waals surface area contributed by atoms with Crippen molar-refractivity contribution in [3.05, 3.63) is 36.9 Å². The van der Waals surface area contributed by atoms with E-state index in [1.807, 2.05) is 30.3 Å². The van der Waals surface area contributed by atoms with E-state index < -0.39 is 0 Å². The molecule has 0 bridgehead atoms. The molecule has 1 aromatic carbocycles. The molecule has 5 heteroatoms. The van der Waals surface area contributed by atoms with Gasteiger partial charge in [0.1, 0.15) is 5.75 Å². The Bertz CT molecular complexity index is 607. The number of nitrogens with zero attached hydrogens (tertiary/aromatic N) is 3. The Morgan fingerprint density at radius 2 is 2.10 bits per heavy atom. The third-order valence-corrected chi connectivity index (χ3v) is 4.32. The molecule has 1 aromatic heterocycles. The van der Waals surface area contributed by atoms with Crippen molar-refractivity contribution >= 4 is 11.8 Å². The van der Waals surface area contributed by atoms with Gasteiger partial charge < -0.3 is 4.74 Å². The Kier molecular flexibility index (Phi) is 5.44. The summed E-state index contributed by atoms with van der Waals surface area (Å²) >= 11 is 1.72. The highest BCUT2D eigenvalue weighted by atomic mass is 32.2. The predicted molar refractivity (Wildman–Crippen MR) is 87.8 cm³/mol. The molecule has 2 aromatic rings. The van der Waals surface area contributed by atoms with Crippen molar-refractivity contribution in [1.29, 1.82) is 0 Å². The Balaban J connectivity index is 2.41. The van der Waals surface area contributed by atoms with Gasteiger partial charge in [0.15, 0.2) is 11.0 Å². The molecule has 0 aliphatic rings. The van der Waals surface area contributed by atoms with E-state index in [9.17, 15) is 0 Å². The van der Waals surface area contributed by atoms with Crippen LogP contribution >= 0.6 is 11.8 Å². The van der Waals surface area contributed by atoms with Crippen LogP contribution in [0.3, 0.4) is 0 Å². The number of hydrogen-bond donors (Lipinski definition) is 0. The molecule has 0 N–H and O–H groups in total. The van der Waals surface area contributed by atoms with E-state index in [2.05, 4.69) is 35.2 Å². The zero-order valence-corrected chi connectivity index (χ0v) is 13.6. The number of hydrogen-bond acceptors (Lipinski definition) is 4. The minimum Gasteiger partial charge on any atom is -0.496 e. The largest absolute Gasteiger partial charge is 0.496 e. The predicted octanol–water partition coefficient (Wildman–Crippen LogP) is 3.89. The number of aromatic nitrogens is 3. The number of rotatable bonds is 7. The van der Waals surface area contributed by atoms with Gasteiger partial charge in [-0.1, -0.05) is 43.8 Å². The van der Waals surface area contributed by atoms with E-state index in [4.69, 9.17) is 4.74 Å². The van der Waals surface area contributed by atoms with Crippen molar-refractivity contribution < 1.29 is 4.74 Å². The summed E-state index contributed by atoms with van der Waals surface area (Å²) in [4.78, 5) is 0. The maximum Gasteiger partial charge on any atom is 0.191 e. The number of para-hydroxylation sites is 1. The van der Waals surface area contributed by atoms with Gasteiger partial charge in [0.05, 0.1) is 12.7 Å². The first kappa shape index (κ1) is 15.6. The molecule has 0 aliphatic carbocycles. The van der Waals surface area contributed by atoms with Gasteiger partial charge >= 0.3 is 0 Å². The van der Waals surface area contributed by atoms with E-state index in [1.54, 1.807) is 18.9 Å². The first-order chi connectivity index (χ1) is 10.2. The molecule has 2 rings (SSSR count). The molecule has 0 spiro atoms. The SMILES string of the molecule is C=CCn1c(SCC(C)C)nnc1-c1ccccc1OC. The first-order valence-electron chi connectivity index (χ1n) is 6.97. The average molecular weight is 303 g/mol. The van der Waals surface area contributed by atoms with Crippen molar-refractivity contribution in [2.75, 3.05) is 12.9 Å². The average Bonchev–Trinajstić information content (AvgIpc) is 2.88. The molecule has 4 nitrogen and oxygen atoms in total. The van der Waals surface area contributed by atoms with Gasteiger partial charge in [0.2, 0.25) is 0 Å². The molecular weight excluding hydrogens is 282 g/mol. The second kappa shape index (κ2) is 7.31. The molecular formula is C16H21N3OS. The van der Waals surface area contributed by atoms with Crippen molar-refractivity contribution in [3.8, 4) is 17.1 Å². The highest BCUT2D eigenvalue weighted by Crippen LogP contribution is 2.31. The van der Waals surface area contributed by atoms with Crippen LogP contribution < -0.4 is 4.74 Å². The van der Waals surface area contributed by atoms with E-state index >= 15 is 0 Å². The van der Waals surface area contributed by atoms with E-state index in [1.165, 1.54) is 0 Å². The van der Waals surface area contributed by atoms with Crippen LogP contribution in [-0.4, -0.2) is 27.6 Å². The van der Waals surface area contributed by atoms with Crippen molar-refractivity contribution in [3.63, 3.8) is 0 Å². The maximum absolute atomic E-state index is 5.43. The minimum atomic E-state index is 0.610. The Hall–Kier alpha value is -1.75. The van der Waals surface area contributed by atoms with Crippen molar-refractivity contribution in [2.45, 2.75) is 25.5 Å². The highest BCUT2D eigenvalue weighted by Gasteiger charge is 2.16. The van der Waals surface area contributed by atoms with E-state index in [-0.39, 0.29) is 0 Å². The Morgan fingerprint density at radius 1 is 1.33 bits per heavy atom. The first-order valence-corrected chi connectivity index (χ1v) is 7.96. The second-order valence-electron chi connectivity index (χ2n) is 5.11. The zero-order chi connectivity index (χ0) is 15.2. The molecule has 0 radical (unpaired) electrons. The highest BCUT2D eigenvalue weighted by molar-refractivity contribution is 7.99. The van der Waals surface area contributed by atoms with Crippen molar-refractivity contribution in [2.24, 2.45) is 5.92 Å². The molecule has 0 saturated heterocycles. The van der Waals surface area contributed by atoms with E-state index in [0.717, 1.165) is 28.0 Å². The third kappa shape index (κ3) is 3.67. The van der Waals surface area contributed by atoms with Gasteiger partial charge in [-0.2, -0.15) is 0 Å². The van der Waals surface area contributed by atoms with Crippen molar-refractivity contribution in [1.82, 2.24) is 14.8 Å². The third-order valence-electron chi connectivity index (χ3n) is 2.92. The summed E-state index contributed by atoms with van der Waals surface area (Å²) in [7, 11) is 1.67. The summed E-state index contributed by atoms with van der Waals surface area (Å²) in [6.07, 6.45) is 1.86. The van der Waals surface area contributed by atoms with Gasteiger partial charge in [-0.3, -0.25) is 4.57 Å². The van der Waals surface area contributed by atoms with Crippen LogP contribution in [0, 0.1) is 5.92 Å². The zero-order valence-electron chi connectivity index (χ0n) is 12.7. The number of thioether (sulfide) groups is 1. The quantitative estimate of drug-likeness (QED) is 0.575. The summed E-state index contributed by atoms with van der Waals surface area (Å²) in [6.45, 7) is 8.91. The summed E-state index contributed by atoms with van der Waals surface area (Å²) in [6, 6.07) is 7.86. The lowest BCUT2D eigenvalue weighted by Crippen LogP contribution is -2.02. The van der Waals surface area contributed by atoms with Crippen LogP contribution in [-0.2, 0) is 6.54 Å². The lowest BCUT2D eigenvalue weighted by atomic mass is 10.2. The molecule has 112 valence electrons. The second-order valence-corrected chi connectivity index (χ2v) is 6.10. The fourth-order valence-corrected chi connectivity index (χ4v) is 2.86. The molecule has 0 unspecified atom stereocenters. The van der Waals surface area contributed by atoms with Gasteiger partial charge in [0.25, 0.3) is 0 Å². The van der Waals surface area contributed by atoms with Gasteiger partial charge in [-0.15, -0.1) is 16.8 Å². The van der Waals surface area contributed by atoms with Gasteiger partial charge in [0, 0.05) is 12.3 Å². The van der Waals surface area contributed by atoms with Crippen LogP contribution in [0.25, 0.3) is 11.4 Å². The summed E-state index contributed by atoms with van der Waals surface area (Å²) < 4.78 is 7.51. The molecule has 1 heterocycles.